The summed E-state index contributed by atoms with van der Waals surface area (Å²) >= 11 is 5.16. The molecule has 1 N–H and O–H groups in total. The van der Waals surface area contributed by atoms with E-state index in [1.54, 1.807) is 0 Å². The molecular weight excluding hydrogens is 192 g/mol. The van der Waals surface area contributed by atoms with Crippen molar-refractivity contribution in [3.8, 4) is 0 Å². The van der Waals surface area contributed by atoms with Gasteiger partial charge in [-0.25, -0.2) is 0 Å². The molecule has 1 aliphatic rings. The summed E-state index contributed by atoms with van der Waals surface area (Å²) in [5.41, 5.74) is 2.37. The van der Waals surface area contributed by atoms with Gasteiger partial charge in [-0.2, -0.15) is 0 Å². The van der Waals surface area contributed by atoms with Gasteiger partial charge in [0.1, 0.15) is 0 Å². The molecule has 1 heterocycles. The fourth-order valence-corrected chi connectivity index (χ4v) is 1.74. The lowest BCUT2D eigenvalue weighted by molar-refractivity contribution is 0.633. The molecule has 0 amide bonds. The Labute approximate surface area is 89.0 Å². The molecule has 0 bridgehead atoms. The summed E-state index contributed by atoms with van der Waals surface area (Å²) in [6.07, 6.45) is 8.60. The maximum atomic E-state index is 5.16. The summed E-state index contributed by atoms with van der Waals surface area (Å²) in [4.78, 5) is 3.18. The topological polar surface area (TPSA) is 20.7 Å². The third-order valence-corrected chi connectivity index (χ3v) is 2.91. The quantitative estimate of drug-likeness (QED) is 0.647. The van der Waals surface area contributed by atoms with Crippen LogP contribution in [0, 0.1) is 10.2 Å². The van der Waals surface area contributed by atoms with Gasteiger partial charge in [0, 0.05) is 12.5 Å². The van der Waals surface area contributed by atoms with Gasteiger partial charge >= 0.3 is 0 Å². The molecule has 1 aliphatic carbocycles. The smallest absolute Gasteiger partial charge is 0.177 e. The van der Waals surface area contributed by atoms with Crippen LogP contribution in [0.2, 0.25) is 0 Å². The van der Waals surface area contributed by atoms with Crippen LogP contribution in [0.4, 0.5) is 0 Å². The number of hydrogen-bond acceptors (Lipinski definition) is 1. The largest absolute Gasteiger partial charge is 0.331 e. The highest BCUT2D eigenvalue weighted by Gasteiger charge is 2.14. The molecule has 0 radical (unpaired) electrons. The summed E-state index contributed by atoms with van der Waals surface area (Å²) in [7, 11) is 1.98. The van der Waals surface area contributed by atoms with E-state index in [2.05, 4.69) is 43.1 Å². The van der Waals surface area contributed by atoms with Gasteiger partial charge in [-0.1, -0.05) is 26.0 Å². The second-order valence-corrected chi connectivity index (χ2v) is 4.66. The zero-order valence-electron chi connectivity index (χ0n) is 8.66. The maximum absolute atomic E-state index is 5.16. The summed E-state index contributed by atoms with van der Waals surface area (Å²) in [5, 5.41) is 0. The van der Waals surface area contributed by atoms with Crippen molar-refractivity contribution in [1.29, 1.82) is 0 Å². The van der Waals surface area contributed by atoms with E-state index in [0.29, 0.717) is 0 Å². The lowest BCUT2D eigenvalue weighted by Crippen LogP contribution is -2.00. The first-order valence-electron chi connectivity index (χ1n) is 4.67. The van der Waals surface area contributed by atoms with E-state index in [1.807, 2.05) is 11.6 Å². The molecule has 0 saturated carbocycles. The van der Waals surface area contributed by atoms with Gasteiger partial charge < -0.3 is 9.55 Å². The summed E-state index contributed by atoms with van der Waals surface area (Å²) in [6, 6.07) is 0. The van der Waals surface area contributed by atoms with Crippen molar-refractivity contribution in [3.05, 3.63) is 28.3 Å². The van der Waals surface area contributed by atoms with Crippen molar-refractivity contribution in [2.45, 2.75) is 13.8 Å². The molecule has 74 valence electrons. The molecule has 2 rings (SSSR count). The first-order chi connectivity index (χ1) is 6.49. The molecular formula is C11H14N2S. The van der Waals surface area contributed by atoms with Crippen molar-refractivity contribution in [3.63, 3.8) is 0 Å². The van der Waals surface area contributed by atoms with Crippen molar-refractivity contribution in [2.75, 3.05) is 0 Å². The molecule has 0 atom stereocenters. The van der Waals surface area contributed by atoms with Crippen LogP contribution >= 0.6 is 12.2 Å². The van der Waals surface area contributed by atoms with Crippen LogP contribution in [0.3, 0.4) is 0 Å². The third kappa shape index (κ3) is 1.48. The second-order valence-electron chi connectivity index (χ2n) is 4.28. The van der Waals surface area contributed by atoms with Crippen molar-refractivity contribution < 1.29 is 0 Å². The number of imidazole rings is 1. The Balaban J connectivity index is 2.63. The van der Waals surface area contributed by atoms with Crippen LogP contribution in [0.1, 0.15) is 25.2 Å². The van der Waals surface area contributed by atoms with E-state index >= 15 is 0 Å². The third-order valence-electron chi connectivity index (χ3n) is 2.53. The number of aromatic amines is 1. The predicted octanol–water partition coefficient (Wildman–Crippen LogP) is 3.15. The Morgan fingerprint density at radius 1 is 1.29 bits per heavy atom. The van der Waals surface area contributed by atoms with E-state index < -0.39 is 0 Å². The maximum Gasteiger partial charge on any atom is 0.177 e. The zero-order chi connectivity index (χ0) is 10.3. The van der Waals surface area contributed by atoms with E-state index in [4.69, 9.17) is 12.2 Å². The van der Waals surface area contributed by atoms with Crippen LogP contribution in [0.5, 0.6) is 0 Å². The van der Waals surface area contributed by atoms with Gasteiger partial charge in [-0.05, 0) is 24.4 Å². The standard InChI is InChI=1S/C11H14N2S/c1-11(2)6-4-8-9(5-7-11)13(3)10(14)12-8/h4-7H,1-3H3,(H,12,14). The highest BCUT2D eigenvalue weighted by atomic mass is 32.1. The average molecular weight is 206 g/mol. The fourth-order valence-electron chi connectivity index (χ4n) is 1.53. The molecule has 0 unspecified atom stereocenters. The highest BCUT2D eigenvalue weighted by molar-refractivity contribution is 7.71. The molecule has 1 aromatic rings. The average Bonchev–Trinajstić information content (AvgIpc) is 2.27. The van der Waals surface area contributed by atoms with Crippen molar-refractivity contribution >= 4 is 24.4 Å². The molecule has 0 saturated heterocycles. The number of H-pyrrole nitrogens is 1. The minimum Gasteiger partial charge on any atom is -0.331 e. The van der Waals surface area contributed by atoms with E-state index in [-0.39, 0.29) is 5.41 Å². The summed E-state index contributed by atoms with van der Waals surface area (Å²) < 4.78 is 2.76. The fraction of sp³-hybridized carbons (Fsp3) is 0.364. The molecule has 0 spiro atoms. The summed E-state index contributed by atoms with van der Waals surface area (Å²) in [5.74, 6) is 0. The number of nitrogens with one attached hydrogen (secondary N) is 1. The second kappa shape index (κ2) is 2.95. The lowest BCUT2D eigenvalue weighted by atomic mass is 9.93. The van der Waals surface area contributed by atoms with Gasteiger partial charge in [0.2, 0.25) is 0 Å². The molecule has 0 fully saturated rings. The number of rotatable bonds is 0. The number of nitrogens with zero attached hydrogens (tertiary/aromatic N) is 1. The highest BCUT2D eigenvalue weighted by Crippen LogP contribution is 2.26. The molecule has 14 heavy (non-hydrogen) atoms. The van der Waals surface area contributed by atoms with Crippen LogP contribution in [0.25, 0.3) is 12.2 Å². The van der Waals surface area contributed by atoms with Crippen LogP contribution < -0.4 is 0 Å². The van der Waals surface area contributed by atoms with E-state index in [0.717, 1.165) is 16.2 Å². The zero-order valence-corrected chi connectivity index (χ0v) is 9.48. The van der Waals surface area contributed by atoms with Gasteiger partial charge in [0.05, 0.1) is 11.4 Å². The number of fused-ring (bicyclic) bond motifs is 1. The van der Waals surface area contributed by atoms with Gasteiger partial charge in [0.15, 0.2) is 4.77 Å². The monoisotopic (exact) mass is 206 g/mol. The Morgan fingerprint density at radius 3 is 2.64 bits per heavy atom. The molecule has 0 aliphatic heterocycles. The Bertz CT molecular complexity index is 472. The minimum absolute atomic E-state index is 0.120. The van der Waals surface area contributed by atoms with Gasteiger partial charge in [0.25, 0.3) is 0 Å². The van der Waals surface area contributed by atoms with Crippen LogP contribution in [-0.2, 0) is 7.05 Å². The number of hydrogen-bond donors (Lipinski definition) is 1. The summed E-state index contributed by atoms with van der Waals surface area (Å²) in [6.45, 7) is 4.36. The Kier molecular flexibility index (Phi) is 2.00. The van der Waals surface area contributed by atoms with Gasteiger partial charge in [-0.15, -0.1) is 0 Å². The first-order valence-corrected chi connectivity index (χ1v) is 5.08. The normalized spacial score (nSPS) is 17.9. The minimum atomic E-state index is 0.120. The lowest BCUT2D eigenvalue weighted by Gasteiger charge is -2.12. The SMILES string of the molecule is Cn1c2c([nH]c1=S)C=CC(C)(C)C=C2. The first kappa shape index (κ1) is 9.46. The van der Waals surface area contributed by atoms with Crippen molar-refractivity contribution in [1.82, 2.24) is 9.55 Å². The Hall–Kier alpha value is -1.09. The molecule has 3 heteroatoms. The molecule has 0 aromatic carbocycles. The van der Waals surface area contributed by atoms with Crippen LogP contribution in [-0.4, -0.2) is 9.55 Å². The van der Waals surface area contributed by atoms with Gasteiger partial charge in [-0.3, -0.25) is 0 Å². The number of allylic oxidation sites excluding steroid dienone is 2. The van der Waals surface area contributed by atoms with E-state index in [9.17, 15) is 0 Å². The molecule has 1 aromatic heterocycles. The van der Waals surface area contributed by atoms with Crippen LogP contribution in [0.15, 0.2) is 12.2 Å². The van der Waals surface area contributed by atoms with Crippen molar-refractivity contribution in [2.24, 2.45) is 12.5 Å². The number of aromatic nitrogens is 2. The van der Waals surface area contributed by atoms with E-state index in [1.165, 1.54) is 0 Å². The Morgan fingerprint density at radius 2 is 1.93 bits per heavy atom. The molecule has 2 nitrogen and oxygen atoms in total. The predicted molar refractivity (Wildman–Crippen MR) is 62.4 cm³/mol.